The first-order valence-corrected chi connectivity index (χ1v) is 8.16. The van der Waals surface area contributed by atoms with Gasteiger partial charge in [-0.25, -0.2) is 0 Å². The molecule has 5 unspecified atom stereocenters. The van der Waals surface area contributed by atoms with Gasteiger partial charge in [0.1, 0.15) is 31.0 Å². The van der Waals surface area contributed by atoms with E-state index in [-0.39, 0.29) is 6.61 Å². The highest BCUT2D eigenvalue weighted by molar-refractivity contribution is 9.10. The molecule has 0 radical (unpaired) electrons. The van der Waals surface area contributed by atoms with Crippen molar-refractivity contribution >= 4 is 27.9 Å². The number of hydrogen-bond acceptors (Lipinski definition) is 7. The SMILES string of the molecule is CC(=O)OCC1OC(c2cccc(Br)c2)C(O)C(O)C1OC(C)=O. The molecule has 1 aromatic carbocycles. The minimum absolute atomic E-state index is 0.207. The number of halogens is 1. The summed E-state index contributed by atoms with van der Waals surface area (Å²) >= 11 is 3.33. The molecule has 5 atom stereocenters. The van der Waals surface area contributed by atoms with Gasteiger partial charge in [0.15, 0.2) is 6.10 Å². The standard InChI is InChI=1S/C16H19BrO7/c1-8(18)22-7-12-16(23-9(2)19)14(21)13(20)15(24-12)10-4-3-5-11(17)6-10/h3-6,12-16,20-21H,7H2,1-2H3. The lowest BCUT2D eigenvalue weighted by atomic mass is 9.91. The molecule has 1 fully saturated rings. The van der Waals surface area contributed by atoms with Crippen molar-refractivity contribution < 1.29 is 34.0 Å². The first-order chi connectivity index (χ1) is 11.3. The first kappa shape index (κ1) is 18.9. The maximum absolute atomic E-state index is 11.3. The van der Waals surface area contributed by atoms with E-state index in [9.17, 15) is 19.8 Å². The molecule has 132 valence electrons. The normalized spacial score (nSPS) is 29.8. The Morgan fingerprint density at radius 2 is 1.92 bits per heavy atom. The highest BCUT2D eigenvalue weighted by atomic mass is 79.9. The fraction of sp³-hybridized carbons (Fsp3) is 0.500. The molecule has 0 saturated carbocycles. The first-order valence-electron chi connectivity index (χ1n) is 7.37. The van der Waals surface area contributed by atoms with E-state index in [0.29, 0.717) is 5.56 Å². The molecule has 0 spiro atoms. The van der Waals surface area contributed by atoms with Crippen molar-refractivity contribution in [2.75, 3.05) is 6.61 Å². The van der Waals surface area contributed by atoms with Crippen LogP contribution in [0.25, 0.3) is 0 Å². The van der Waals surface area contributed by atoms with Crippen LogP contribution in [0, 0.1) is 0 Å². The summed E-state index contributed by atoms with van der Waals surface area (Å²) in [6.07, 6.45) is -5.59. The minimum atomic E-state index is -1.38. The van der Waals surface area contributed by atoms with Gasteiger partial charge < -0.3 is 24.4 Å². The van der Waals surface area contributed by atoms with Gasteiger partial charge in [-0.1, -0.05) is 28.1 Å². The Labute approximate surface area is 147 Å². The van der Waals surface area contributed by atoms with Gasteiger partial charge in [-0.05, 0) is 17.7 Å². The summed E-state index contributed by atoms with van der Waals surface area (Å²) in [5.74, 6) is -1.16. The van der Waals surface area contributed by atoms with Crippen molar-refractivity contribution in [3.8, 4) is 0 Å². The quantitative estimate of drug-likeness (QED) is 0.726. The molecule has 0 amide bonds. The average Bonchev–Trinajstić information content (AvgIpc) is 2.50. The van der Waals surface area contributed by atoms with Gasteiger partial charge in [-0.2, -0.15) is 0 Å². The molecule has 8 heteroatoms. The molecule has 7 nitrogen and oxygen atoms in total. The zero-order chi connectivity index (χ0) is 17.9. The second kappa shape index (κ2) is 8.06. The van der Waals surface area contributed by atoms with E-state index in [4.69, 9.17) is 14.2 Å². The van der Waals surface area contributed by atoms with Crippen LogP contribution < -0.4 is 0 Å². The number of rotatable bonds is 4. The Bertz CT molecular complexity index is 606. The Kier molecular flexibility index (Phi) is 6.34. The topological polar surface area (TPSA) is 102 Å². The van der Waals surface area contributed by atoms with Crippen LogP contribution in [0.15, 0.2) is 28.7 Å². The molecule has 1 heterocycles. The number of carbonyl (C=O) groups excluding carboxylic acids is 2. The summed E-state index contributed by atoms with van der Waals surface area (Å²) in [5.41, 5.74) is 0.630. The van der Waals surface area contributed by atoms with Crippen LogP contribution in [0.1, 0.15) is 25.5 Å². The number of aliphatic hydroxyl groups excluding tert-OH is 2. The van der Waals surface area contributed by atoms with Crippen LogP contribution in [0.5, 0.6) is 0 Å². The number of ether oxygens (including phenoxy) is 3. The van der Waals surface area contributed by atoms with E-state index in [0.717, 1.165) is 4.47 Å². The highest BCUT2D eigenvalue weighted by Crippen LogP contribution is 2.34. The second-order valence-corrected chi connectivity index (χ2v) is 6.42. The Morgan fingerprint density at radius 1 is 1.21 bits per heavy atom. The third-order valence-electron chi connectivity index (χ3n) is 3.61. The third-order valence-corrected chi connectivity index (χ3v) is 4.11. The second-order valence-electron chi connectivity index (χ2n) is 5.51. The van der Waals surface area contributed by atoms with E-state index in [1.54, 1.807) is 18.2 Å². The number of esters is 2. The van der Waals surface area contributed by atoms with Crippen molar-refractivity contribution in [3.63, 3.8) is 0 Å². The predicted octanol–water partition coefficient (Wildman–Crippen LogP) is 1.11. The van der Waals surface area contributed by atoms with Gasteiger partial charge in [-0.3, -0.25) is 9.59 Å². The van der Waals surface area contributed by atoms with Crippen LogP contribution in [0.3, 0.4) is 0 Å². The molecule has 2 N–H and O–H groups in total. The molecule has 0 bridgehead atoms. The molecule has 2 rings (SSSR count). The summed E-state index contributed by atoms with van der Waals surface area (Å²) in [7, 11) is 0. The molecule has 1 aromatic rings. The fourth-order valence-corrected chi connectivity index (χ4v) is 2.99. The van der Waals surface area contributed by atoms with Gasteiger partial charge >= 0.3 is 11.9 Å². The molecule has 1 aliphatic heterocycles. The van der Waals surface area contributed by atoms with E-state index >= 15 is 0 Å². The number of hydrogen-bond donors (Lipinski definition) is 2. The lowest BCUT2D eigenvalue weighted by molar-refractivity contribution is -0.242. The predicted molar refractivity (Wildman–Crippen MR) is 86.0 cm³/mol. The number of carbonyl (C=O) groups is 2. The molecule has 0 aromatic heterocycles. The highest BCUT2D eigenvalue weighted by Gasteiger charge is 2.47. The van der Waals surface area contributed by atoms with Gasteiger partial charge in [0.2, 0.25) is 0 Å². The van der Waals surface area contributed by atoms with Crippen LogP contribution in [-0.2, 0) is 23.8 Å². The van der Waals surface area contributed by atoms with Crippen LogP contribution in [0.4, 0.5) is 0 Å². The Hall–Kier alpha value is -1.48. The average molecular weight is 403 g/mol. The van der Waals surface area contributed by atoms with Gasteiger partial charge in [0, 0.05) is 18.3 Å². The van der Waals surface area contributed by atoms with Crippen molar-refractivity contribution in [2.24, 2.45) is 0 Å². The van der Waals surface area contributed by atoms with Crippen LogP contribution in [0.2, 0.25) is 0 Å². The molecule has 24 heavy (non-hydrogen) atoms. The lowest BCUT2D eigenvalue weighted by Crippen LogP contribution is -2.57. The van der Waals surface area contributed by atoms with Gasteiger partial charge in [0.25, 0.3) is 0 Å². The Morgan fingerprint density at radius 3 is 2.50 bits per heavy atom. The molecule has 1 aliphatic rings. The largest absolute Gasteiger partial charge is 0.463 e. The van der Waals surface area contributed by atoms with Gasteiger partial charge in [0.05, 0.1) is 0 Å². The smallest absolute Gasteiger partial charge is 0.303 e. The lowest BCUT2D eigenvalue weighted by Gasteiger charge is -2.42. The van der Waals surface area contributed by atoms with Crippen molar-refractivity contribution in [2.45, 2.75) is 44.4 Å². The maximum atomic E-state index is 11.3. The summed E-state index contributed by atoms with van der Waals surface area (Å²) in [6, 6.07) is 7.06. The summed E-state index contributed by atoms with van der Waals surface area (Å²) < 4.78 is 16.5. The minimum Gasteiger partial charge on any atom is -0.463 e. The Balaban J connectivity index is 2.26. The van der Waals surface area contributed by atoms with Gasteiger partial charge in [-0.15, -0.1) is 0 Å². The zero-order valence-corrected chi connectivity index (χ0v) is 14.8. The van der Waals surface area contributed by atoms with Crippen molar-refractivity contribution in [3.05, 3.63) is 34.3 Å². The molecule has 0 aliphatic carbocycles. The van der Waals surface area contributed by atoms with Crippen LogP contribution >= 0.6 is 15.9 Å². The summed E-state index contributed by atoms with van der Waals surface area (Å²) in [6.45, 7) is 2.21. The monoisotopic (exact) mass is 402 g/mol. The van der Waals surface area contributed by atoms with Crippen molar-refractivity contribution in [1.29, 1.82) is 0 Å². The van der Waals surface area contributed by atoms with E-state index < -0.39 is 42.5 Å². The third kappa shape index (κ3) is 4.54. The van der Waals surface area contributed by atoms with E-state index in [2.05, 4.69) is 15.9 Å². The summed E-state index contributed by atoms with van der Waals surface area (Å²) in [4.78, 5) is 22.3. The summed E-state index contributed by atoms with van der Waals surface area (Å²) in [5, 5.41) is 20.7. The van der Waals surface area contributed by atoms with E-state index in [1.165, 1.54) is 13.8 Å². The van der Waals surface area contributed by atoms with Crippen molar-refractivity contribution in [1.82, 2.24) is 0 Å². The molecular formula is C16H19BrO7. The number of benzene rings is 1. The van der Waals surface area contributed by atoms with E-state index in [1.807, 2.05) is 6.07 Å². The number of aliphatic hydroxyl groups is 2. The zero-order valence-electron chi connectivity index (χ0n) is 13.2. The fourth-order valence-electron chi connectivity index (χ4n) is 2.57. The molecular weight excluding hydrogens is 384 g/mol. The maximum Gasteiger partial charge on any atom is 0.303 e. The molecule has 1 saturated heterocycles. The van der Waals surface area contributed by atoms with Crippen LogP contribution in [-0.4, -0.2) is 53.2 Å².